The molecule has 57 nitrogen and oxygen atoms in total. The smallest absolute Gasteiger partial charge is 0.217 e. The van der Waals surface area contributed by atoms with Crippen molar-refractivity contribution < 1.29 is 257 Å². The van der Waals surface area contributed by atoms with Crippen molar-refractivity contribution in [1.82, 2.24) is 26.6 Å². The molecule has 10 fully saturated rings. The largest absolute Gasteiger partial charge is 0.394 e. The van der Waals surface area contributed by atoms with E-state index in [1.807, 2.05) is 0 Å². The Morgan fingerprint density at radius 1 is 0.271 bits per heavy atom. The Labute approximate surface area is 731 Å². The van der Waals surface area contributed by atoms with Gasteiger partial charge >= 0.3 is 0 Å². The molecule has 5 amide bonds. The lowest BCUT2D eigenvalue weighted by Crippen LogP contribution is -2.71. The highest BCUT2D eigenvalue weighted by molar-refractivity contribution is 5.74. The van der Waals surface area contributed by atoms with E-state index in [0.717, 1.165) is 27.7 Å². The Morgan fingerprint density at radius 2 is 0.550 bits per heavy atom. The maximum absolute atomic E-state index is 13.3. The monoisotopic (exact) mass is 1890 g/mol. The fourth-order valence-electron chi connectivity index (χ4n) is 16.5. The second-order valence-electron chi connectivity index (χ2n) is 32.4. The molecule has 0 aromatic rings. The van der Waals surface area contributed by atoms with E-state index >= 15 is 0 Å². The normalized spacial score (nSPS) is 47.8. The van der Waals surface area contributed by atoms with E-state index < -0.39 is 409 Å². The Hall–Kier alpha value is -4.53. The van der Waals surface area contributed by atoms with Crippen molar-refractivity contribution in [1.29, 1.82) is 0 Å². The zero-order valence-corrected chi connectivity index (χ0v) is 69.6. The highest BCUT2D eigenvalue weighted by atomic mass is 16.8. The van der Waals surface area contributed by atoms with Gasteiger partial charge < -0.3 is 259 Å². The second kappa shape index (κ2) is 47.5. The first-order valence-corrected chi connectivity index (χ1v) is 41.2. The zero-order valence-electron chi connectivity index (χ0n) is 69.6. The molecule has 51 atom stereocenters. The van der Waals surface area contributed by atoms with Gasteiger partial charge in [0.2, 0.25) is 30.0 Å². The van der Waals surface area contributed by atoms with Crippen LogP contribution < -0.4 is 26.6 Å². The summed E-state index contributed by atoms with van der Waals surface area (Å²) in [5.74, 6) is -3.82. The summed E-state index contributed by atoms with van der Waals surface area (Å²) in [5, 5.41) is 314. The summed E-state index contributed by atoms with van der Waals surface area (Å²) < 4.78 is 118. The standard InChI is InChI=1S/C72H121N5O52/c1-18-37(92)47(102)50(105)68(112-18)129-62-48(103)39(94)25(8-80)116-72(62)125-57-30(13-85)119-66(36(46(57)101)77-22(5)91)128-61-42(97)32(16-111-63-34(75-20(3)89)44(99)55(28(11-83)117-63)122-69-52(107)59(40(95)26(9-81)114-69)126-64-33(74-19(2)88)43(98)38(93)24(7-79)113-64)121-71(54(61)109)123-56-29(12-84)118-65(35(45(56)100)76-21(4)90)127-60-41(96)27(10-82)115-70(53(60)108)124-58-31(14-86)120-67(51(106)49(58)104)110-15-23(6-78)73-17-87/h17-18,23-72,78-86,92-109H,6-16H2,1-5H3,(H,73,87)(H,74,88)(H,75,89)(H,76,90)(H,77,91)/t18-,23+,24+,25+,26+,27+,28+,29+,30+,31+,32+,33+,34+,35+,36+,37+,38-,39-,40-,41-,42-,43+,44+,45+,46+,47+,48-,49+,50-,51+,52+,53+,54+,55+,56+,57+,58+,59-,60-,61-,62+,63+,64+,65-,66-,67+,68-,69-,70-,71-,72-/m0/s1. The Morgan fingerprint density at radius 3 is 0.938 bits per heavy atom. The molecule has 0 radical (unpaired) electrons. The molecule has 0 aliphatic carbocycles. The lowest BCUT2D eigenvalue weighted by molar-refractivity contribution is -0.394. The molecular formula is C72H121N5O52. The molecule has 0 unspecified atom stereocenters. The minimum absolute atomic E-state index is 0.239. The van der Waals surface area contributed by atoms with Crippen LogP contribution in [0.1, 0.15) is 34.6 Å². The highest BCUT2D eigenvalue weighted by Gasteiger charge is 2.62. The number of hydrogen-bond donors (Lipinski definition) is 32. The molecular weight excluding hydrogens is 1770 g/mol. The molecule has 32 N–H and O–H groups in total. The van der Waals surface area contributed by atoms with Gasteiger partial charge in [0.1, 0.15) is 238 Å². The third kappa shape index (κ3) is 24.2. The first-order valence-electron chi connectivity index (χ1n) is 41.2. The Bertz CT molecular complexity index is 3480. The van der Waals surface area contributed by atoms with Gasteiger partial charge in [-0.1, -0.05) is 0 Å². The summed E-state index contributed by atoms with van der Waals surface area (Å²) in [4.78, 5) is 63.1. The predicted molar refractivity (Wildman–Crippen MR) is 398 cm³/mol. The van der Waals surface area contributed by atoms with Gasteiger partial charge in [-0.05, 0) is 6.92 Å². The molecule has 0 aromatic heterocycles. The zero-order chi connectivity index (χ0) is 94.9. The molecule has 0 aromatic carbocycles. The molecule has 10 saturated heterocycles. The first-order chi connectivity index (χ1) is 61.2. The Kier molecular flexibility index (Phi) is 39.2. The van der Waals surface area contributed by atoms with Gasteiger partial charge in [-0.3, -0.25) is 24.0 Å². The minimum atomic E-state index is -2.58. The maximum atomic E-state index is 13.3. The molecule has 10 aliphatic rings. The van der Waals surface area contributed by atoms with Crippen molar-refractivity contribution in [3.05, 3.63) is 0 Å². The van der Waals surface area contributed by atoms with E-state index in [0.29, 0.717) is 0 Å². The van der Waals surface area contributed by atoms with Crippen LogP contribution in [-0.2, 0) is 119 Å². The number of amides is 5. The molecule has 0 bridgehead atoms. The van der Waals surface area contributed by atoms with Crippen LogP contribution in [0, 0.1) is 0 Å². The van der Waals surface area contributed by atoms with Gasteiger partial charge in [0, 0.05) is 27.7 Å². The van der Waals surface area contributed by atoms with Crippen LogP contribution in [0.3, 0.4) is 0 Å². The summed E-state index contributed by atoms with van der Waals surface area (Å²) in [6.45, 7) is -6.26. The SMILES string of the molecule is CC(=O)N[C@H]1[C@H](OC[C@H]2O[C@@H](O[C@H]3[C@H](O)[C@@H](NC(C)=O)[C@H](O[C@H]4[C@@H](O)[C@@H](CO)O[C@@H](O[C@H]5[C@H](O)[C@@H](O)[C@H](OC[C@@H](CO)NC=O)O[C@@H]5CO)[C@@H]4O)O[C@@H]3CO)[C@H](O)[C@@H](O[C@@H]3O[C@H](CO)[C@@H](O[C@@H]4O[C@H](CO)[C@H](O)[C@H](O)[C@H]4O[C@@H]4O[C@@H](C)[C@@H](O)[C@@H](O)[C@@H]4O)[C@H](O)[C@H]3NC(C)=O)[C@H]2O)O[C@H](CO)[C@@H](O[C@@H]2O[C@H](CO)[C@H](O)[C@H](O[C@H]3O[C@H](CO)[C@H](O)[C@H](O)[C@H]3NC(C)=O)[C@H]2O)[C@@H]1O. The van der Waals surface area contributed by atoms with Gasteiger partial charge in [-0.25, -0.2) is 0 Å². The van der Waals surface area contributed by atoms with Crippen LogP contribution in [0.5, 0.6) is 0 Å². The van der Waals surface area contributed by atoms with Gasteiger partial charge in [-0.15, -0.1) is 0 Å². The number of aliphatic hydroxyl groups is 27. The molecule has 0 saturated carbocycles. The number of carbonyl (C=O) groups excluding carboxylic acids is 5. The van der Waals surface area contributed by atoms with E-state index in [2.05, 4.69) is 26.6 Å². The van der Waals surface area contributed by atoms with Gasteiger partial charge in [0.15, 0.2) is 62.9 Å². The molecule has 746 valence electrons. The minimum Gasteiger partial charge on any atom is -0.394 e. The van der Waals surface area contributed by atoms with Crippen molar-refractivity contribution in [3.8, 4) is 0 Å². The molecule has 0 spiro atoms. The number of rotatable bonds is 37. The van der Waals surface area contributed by atoms with Crippen molar-refractivity contribution >= 4 is 30.0 Å². The predicted octanol–water partition coefficient (Wildman–Crippen LogP) is -22.1. The molecule has 57 heteroatoms. The van der Waals surface area contributed by atoms with E-state index in [9.17, 15) is 162 Å². The number of ether oxygens (including phenoxy) is 20. The van der Waals surface area contributed by atoms with Crippen LogP contribution in [0.25, 0.3) is 0 Å². The average Bonchev–Trinajstić information content (AvgIpc) is 0.766. The summed E-state index contributed by atoms with van der Waals surface area (Å²) in [7, 11) is 0. The highest BCUT2D eigenvalue weighted by Crippen LogP contribution is 2.41. The lowest BCUT2D eigenvalue weighted by Gasteiger charge is -2.51. The van der Waals surface area contributed by atoms with Crippen LogP contribution in [-0.4, -0.2) is 553 Å². The van der Waals surface area contributed by atoms with E-state index in [-0.39, 0.29) is 6.41 Å². The van der Waals surface area contributed by atoms with Crippen LogP contribution >= 0.6 is 0 Å². The lowest BCUT2D eigenvalue weighted by atomic mass is 9.93. The summed E-state index contributed by atoms with van der Waals surface area (Å²) in [6.07, 6.45) is -94.4. The van der Waals surface area contributed by atoms with Gasteiger partial charge in [0.05, 0.1) is 84.8 Å². The first kappa shape index (κ1) is 107. The van der Waals surface area contributed by atoms with E-state index in [4.69, 9.17) is 94.7 Å². The maximum Gasteiger partial charge on any atom is 0.217 e. The van der Waals surface area contributed by atoms with E-state index in [1.165, 1.54) is 6.92 Å². The van der Waals surface area contributed by atoms with Gasteiger partial charge in [-0.2, -0.15) is 0 Å². The molecule has 10 aliphatic heterocycles. The summed E-state index contributed by atoms with van der Waals surface area (Å²) >= 11 is 0. The third-order valence-electron chi connectivity index (χ3n) is 23.4. The number of carbonyl (C=O) groups is 5. The van der Waals surface area contributed by atoms with Crippen molar-refractivity contribution in [2.75, 3.05) is 72.7 Å². The third-order valence-corrected chi connectivity index (χ3v) is 23.4. The second-order valence-corrected chi connectivity index (χ2v) is 32.4. The number of aliphatic hydroxyl groups excluding tert-OH is 27. The molecule has 10 heterocycles. The number of hydrogen-bond acceptors (Lipinski definition) is 52. The summed E-state index contributed by atoms with van der Waals surface area (Å²) in [5.41, 5.74) is 0. The van der Waals surface area contributed by atoms with Gasteiger partial charge in [0.25, 0.3) is 0 Å². The van der Waals surface area contributed by atoms with Crippen LogP contribution in [0.4, 0.5) is 0 Å². The summed E-state index contributed by atoms with van der Waals surface area (Å²) in [6, 6.07) is -8.79. The van der Waals surface area contributed by atoms with Crippen LogP contribution in [0.15, 0.2) is 0 Å². The van der Waals surface area contributed by atoms with Crippen molar-refractivity contribution in [2.24, 2.45) is 0 Å². The van der Waals surface area contributed by atoms with Crippen LogP contribution in [0.2, 0.25) is 0 Å². The topological polar surface area (TPSA) is 876 Å². The molecule has 10 rings (SSSR count). The van der Waals surface area contributed by atoms with E-state index in [1.54, 1.807) is 0 Å². The Balaban J connectivity index is 0.943. The number of nitrogens with one attached hydrogen (secondary N) is 5. The quantitative estimate of drug-likeness (QED) is 0.0257. The van der Waals surface area contributed by atoms with Crippen molar-refractivity contribution in [2.45, 2.75) is 347 Å². The fraction of sp³-hybridized carbons (Fsp3) is 0.931. The van der Waals surface area contributed by atoms with Crippen molar-refractivity contribution in [3.63, 3.8) is 0 Å². The average molecular weight is 1890 g/mol. The fourth-order valence-corrected chi connectivity index (χ4v) is 16.5. The molecule has 129 heavy (non-hydrogen) atoms.